The summed E-state index contributed by atoms with van der Waals surface area (Å²) in [5, 5.41) is 0. The quantitative estimate of drug-likeness (QED) is 0.759. The minimum Gasteiger partial charge on any atom is -0.497 e. The average molecular weight is 321 g/mol. The fourth-order valence-corrected chi connectivity index (χ4v) is 3.36. The van der Waals surface area contributed by atoms with E-state index in [0.717, 1.165) is 18.7 Å². The molecule has 0 saturated heterocycles. The van der Waals surface area contributed by atoms with Crippen LogP contribution in [-0.2, 0) is 19.4 Å². The third kappa shape index (κ3) is 4.07. The summed E-state index contributed by atoms with van der Waals surface area (Å²) in [6.45, 7) is 4.37. The van der Waals surface area contributed by atoms with E-state index >= 15 is 0 Å². The minimum atomic E-state index is 0.967. The summed E-state index contributed by atoms with van der Waals surface area (Å²) in [5.74, 6) is 0.967. The Hall–Kier alpha value is -2.06. The van der Waals surface area contributed by atoms with Crippen LogP contribution in [0.1, 0.15) is 34.2 Å². The third-order valence-corrected chi connectivity index (χ3v) is 4.79. The van der Waals surface area contributed by atoms with E-state index in [1.807, 2.05) is 6.07 Å². The number of aryl methyl sites for hydroxylation is 2. The Morgan fingerprint density at radius 3 is 2.67 bits per heavy atom. The lowest BCUT2D eigenvalue weighted by Gasteiger charge is -2.25. The van der Waals surface area contributed by atoms with Crippen LogP contribution in [0.4, 0.5) is 0 Å². The molecule has 2 aromatic carbocycles. The van der Waals surface area contributed by atoms with Gasteiger partial charge in [0, 0.05) is 13.1 Å². The van der Waals surface area contributed by atoms with E-state index in [2.05, 4.69) is 61.4 Å². The van der Waals surface area contributed by atoms with Crippen molar-refractivity contribution in [3.63, 3.8) is 0 Å². The van der Waals surface area contributed by atoms with Crippen LogP contribution in [0.15, 0.2) is 42.5 Å². The first-order valence-electron chi connectivity index (χ1n) is 8.76. The Kier molecular flexibility index (Phi) is 5.37. The monoisotopic (exact) mass is 321 g/mol. The van der Waals surface area contributed by atoms with Gasteiger partial charge in [0.25, 0.3) is 0 Å². The molecule has 0 fully saturated rings. The van der Waals surface area contributed by atoms with Crippen LogP contribution < -0.4 is 4.74 Å². The van der Waals surface area contributed by atoms with Gasteiger partial charge in [-0.15, -0.1) is 0 Å². The standard InChI is InChI=1S/C11H15NO.C11H12/c1-12-6-5-9-3-4-11(13-2)7-10(9)8-12;1-9-6-7-10-4-2-3-5-11(10)8-9/h3-4,7H,5-6,8H2,1-2H3;2,4,6-8H,3,5H2,1H3. The van der Waals surface area contributed by atoms with Crippen molar-refractivity contribution in [2.75, 3.05) is 20.7 Å². The molecule has 0 amide bonds. The molecule has 1 aliphatic carbocycles. The molecule has 0 spiro atoms. The molecule has 1 heterocycles. The van der Waals surface area contributed by atoms with E-state index in [4.69, 9.17) is 4.74 Å². The zero-order valence-electron chi connectivity index (χ0n) is 15.0. The van der Waals surface area contributed by atoms with Gasteiger partial charge >= 0.3 is 0 Å². The number of methoxy groups -OCH3 is 1. The van der Waals surface area contributed by atoms with Crippen molar-refractivity contribution in [2.24, 2.45) is 0 Å². The molecule has 2 aromatic rings. The molecule has 1 aliphatic heterocycles. The molecule has 0 atom stereocenters. The summed E-state index contributed by atoms with van der Waals surface area (Å²) in [6, 6.07) is 13.0. The van der Waals surface area contributed by atoms with E-state index in [1.54, 1.807) is 7.11 Å². The van der Waals surface area contributed by atoms with Gasteiger partial charge in [-0.25, -0.2) is 0 Å². The van der Waals surface area contributed by atoms with E-state index in [0.29, 0.717) is 0 Å². The lowest BCUT2D eigenvalue weighted by molar-refractivity contribution is 0.311. The van der Waals surface area contributed by atoms with Gasteiger partial charge < -0.3 is 9.64 Å². The smallest absolute Gasteiger partial charge is 0.119 e. The molecule has 0 N–H and O–H groups in total. The minimum absolute atomic E-state index is 0.967. The normalized spacial score (nSPS) is 15.8. The zero-order chi connectivity index (χ0) is 16.9. The van der Waals surface area contributed by atoms with Crippen LogP contribution in [-0.4, -0.2) is 25.6 Å². The largest absolute Gasteiger partial charge is 0.497 e. The summed E-state index contributed by atoms with van der Waals surface area (Å²) in [5.41, 5.74) is 7.17. The molecule has 0 radical (unpaired) electrons. The van der Waals surface area contributed by atoms with Crippen molar-refractivity contribution in [1.29, 1.82) is 0 Å². The Morgan fingerprint density at radius 2 is 1.83 bits per heavy atom. The molecule has 0 aromatic heterocycles. The number of nitrogens with zero attached hydrogens (tertiary/aromatic N) is 1. The number of benzene rings is 2. The van der Waals surface area contributed by atoms with Gasteiger partial charge in [-0.2, -0.15) is 0 Å². The highest BCUT2D eigenvalue weighted by Gasteiger charge is 2.12. The van der Waals surface area contributed by atoms with E-state index in [1.165, 1.54) is 47.2 Å². The van der Waals surface area contributed by atoms with Gasteiger partial charge in [0.05, 0.1) is 7.11 Å². The average Bonchev–Trinajstić information content (AvgIpc) is 2.61. The topological polar surface area (TPSA) is 12.5 Å². The van der Waals surface area contributed by atoms with Crippen molar-refractivity contribution in [3.05, 3.63) is 70.3 Å². The van der Waals surface area contributed by atoms with E-state index < -0.39 is 0 Å². The van der Waals surface area contributed by atoms with Crippen LogP contribution in [0, 0.1) is 6.92 Å². The van der Waals surface area contributed by atoms with E-state index in [9.17, 15) is 0 Å². The Morgan fingerprint density at radius 1 is 0.958 bits per heavy atom. The van der Waals surface area contributed by atoms with Gasteiger partial charge in [0.15, 0.2) is 0 Å². The van der Waals surface area contributed by atoms with Crippen LogP contribution in [0.2, 0.25) is 0 Å². The van der Waals surface area contributed by atoms with Crippen molar-refractivity contribution in [3.8, 4) is 5.75 Å². The van der Waals surface area contributed by atoms with Crippen molar-refractivity contribution in [2.45, 2.75) is 32.7 Å². The number of fused-ring (bicyclic) bond motifs is 2. The van der Waals surface area contributed by atoms with Crippen LogP contribution in [0.3, 0.4) is 0 Å². The third-order valence-electron chi connectivity index (χ3n) is 4.79. The Balaban J connectivity index is 0.000000143. The molecule has 2 heteroatoms. The van der Waals surface area contributed by atoms with Gasteiger partial charge in [-0.05, 0) is 67.6 Å². The van der Waals surface area contributed by atoms with Gasteiger partial charge in [0.2, 0.25) is 0 Å². The van der Waals surface area contributed by atoms with Gasteiger partial charge in [0.1, 0.15) is 5.75 Å². The molecule has 2 nitrogen and oxygen atoms in total. The first-order valence-corrected chi connectivity index (χ1v) is 8.76. The summed E-state index contributed by atoms with van der Waals surface area (Å²) >= 11 is 0. The highest BCUT2D eigenvalue weighted by molar-refractivity contribution is 5.56. The fourth-order valence-electron chi connectivity index (χ4n) is 3.36. The van der Waals surface area contributed by atoms with Gasteiger partial charge in [-0.3, -0.25) is 0 Å². The molecule has 2 aliphatic rings. The Labute approximate surface area is 145 Å². The summed E-state index contributed by atoms with van der Waals surface area (Å²) in [4.78, 5) is 2.34. The maximum atomic E-state index is 5.20. The van der Waals surface area contributed by atoms with Crippen molar-refractivity contribution in [1.82, 2.24) is 4.90 Å². The lowest BCUT2D eigenvalue weighted by Crippen LogP contribution is -2.26. The maximum Gasteiger partial charge on any atom is 0.119 e. The molecule has 0 unspecified atom stereocenters. The SMILES string of the molecule is COc1ccc2c(c1)CN(C)CC2.Cc1ccc2c(c1)CCC=C2. The highest BCUT2D eigenvalue weighted by Crippen LogP contribution is 2.22. The lowest BCUT2D eigenvalue weighted by atomic mass is 9.96. The summed E-state index contributed by atoms with van der Waals surface area (Å²) < 4.78 is 5.20. The molecule has 24 heavy (non-hydrogen) atoms. The number of ether oxygens (including phenoxy) is 1. The van der Waals surface area contributed by atoms with Crippen molar-refractivity contribution >= 4 is 6.08 Å². The van der Waals surface area contributed by atoms with Crippen LogP contribution in [0.5, 0.6) is 5.75 Å². The molecule has 126 valence electrons. The molecular weight excluding hydrogens is 294 g/mol. The number of allylic oxidation sites excluding steroid dienone is 1. The second-order valence-corrected chi connectivity index (χ2v) is 6.77. The number of hydrogen-bond donors (Lipinski definition) is 0. The second-order valence-electron chi connectivity index (χ2n) is 6.77. The van der Waals surface area contributed by atoms with Crippen LogP contribution >= 0.6 is 0 Å². The highest BCUT2D eigenvalue weighted by atomic mass is 16.5. The van der Waals surface area contributed by atoms with Crippen molar-refractivity contribution < 1.29 is 4.74 Å². The fraction of sp³-hybridized carbons (Fsp3) is 0.364. The van der Waals surface area contributed by atoms with Crippen LogP contribution in [0.25, 0.3) is 6.08 Å². The maximum absolute atomic E-state index is 5.20. The Bertz CT molecular complexity index is 733. The number of rotatable bonds is 1. The number of hydrogen-bond acceptors (Lipinski definition) is 2. The first-order chi connectivity index (χ1) is 11.7. The predicted octanol–water partition coefficient (Wildman–Crippen LogP) is 4.64. The second kappa shape index (κ2) is 7.67. The molecular formula is C22H27NO. The predicted molar refractivity (Wildman–Crippen MR) is 102 cm³/mol. The zero-order valence-corrected chi connectivity index (χ0v) is 15.0. The molecule has 0 saturated carbocycles. The van der Waals surface area contributed by atoms with E-state index in [-0.39, 0.29) is 0 Å². The van der Waals surface area contributed by atoms with Gasteiger partial charge in [-0.1, -0.05) is 42.0 Å². The molecule has 4 rings (SSSR count). The number of likely N-dealkylation sites (N-methyl/N-ethyl adjacent to an activating group) is 1. The summed E-state index contributed by atoms with van der Waals surface area (Å²) in [7, 11) is 3.87. The molecule has 0 bridgehead atoms. The first kappa shape index (κ1) is 16.8. The summed E-state index contributed by atoms with van der Waals surface area (Å²) in [6.07, 6.45) is 8.05.